The number of carbonyl (C=O) groups excluding carboxylic acids is 2. The first-order chi connectivity index (χ1) is 42.0. The SMILES string of the molecule is CCCCCC/C=C\C/C=C\CCCCCCCC(=O)OCCCCCCCCCCCCCCCCCCCCCCCCCCCCCC(=O)NC(CO)C(O)CCCCCCCCCCCCCCCCCCCCCCCCCCC. The summed E-state index contributed by atoms with van der Waals surface area (Å²) >= 11 is 0. The maximum atomic E-state index is 12.6. The summed E-state index contributed by atoms with van der Waals surface area (Å²) in [4.78, 5) is 24.7. The van der Waals surface area contributed by atoms with Gasteiger partial charge in [-0.15, -0.1) is 0 Å². The van der Waals surface area contributed by atoms with E-state index in [0.717, 1.165) is 51.4 Å². The number of hydrogen-bond acceptors (Lipinski definition) is 5. The molecule has 0 aromatic heterocycles. The lowest BCUT2D eigenvalue weighted by Crippen LogP contribution is -2.45. The molecule has 0 saturated heterocycles. The zero-order valence-electron chi connectivity index (χ0n) is 57.9. The summed E-state index contributed by atoms with van der Waals surface area (Å²) < 4.78 is 5.50. The van der Waals surface area contributed by atoms with Crippen LogP contribution in [-0.4, -0.2) is 47.4 Å². The Balaban J connectivity index is 3.35. The van der Waals surface area contributed by atoms with E-state index in [1.165, 1.54) is 360 Å². The van der Waals surface area contributed by atoms with Gasteiger partial charge in [-0.2, -0.15) is 0 Å². The molecule has 85 heavy (non-hydrogen) atoms. The highest BCUT2D eigenvalue weighted by Crippen LogP contribution is 2.20. The number of ether oxygens (including phenoxy) is 1. The van der Waals surface area contributed by atoms with Crippen molar-refractivity contribution >= 4 is 11.9 Å². The Morgan fingerprint density at radius 3 is 0.906 bits per heavy atom. The summed E-state index contributed by atoms with van der Waals surface area (Å²) in [5.41, 5.74) is 0. The van der Waals surface area contributed by atoms with Gasteiger partial charge in [-0.25, -0.2) is 0 Å². The molecule has 6 nitrogen and oxygen atoms in total. The van der Waals surface area contributed by atoms with E-state index in [4.69, 9.17) is 4.74 Å². The van der Waals surface area contributed by atoms with E-state index in [9.17, 15) is 19.8 Å². The number of nitrogens with one attached hydrogen (secondary N) is 1. The Morgan fingerprint density at radius 2 is 0.588 bits per heavy atom. The summed E-state index contributed by atoms with van der Waals surface area (Å²) in [5.74, 6) is -0.0209. The number of allylic oxidation sites excluding steroid dienone is 4. The van der Waals surface area contributed by atoms with E-state index < -0.39 is 12.1 Å². The van der Waals surface area contributed by atoms with Crippen LogP contribution in [0.2, 0.25) is 0 Å². The van der Waals surface area contributed by atoms with Crippen LogP contribution in [0.1, 0.15) is 444 Å². The molecule has 6 heteroatoms. The Bertz CT molecular complexity index is 1330. The summed E-state index contributed by atoms with van der Waals surface area (Å²) in [6, 6.07) is -0.541. The first-order valence-corrected chi connectivity index (χ1v) is 39.1. The van der Waals surface area contributed by atoms with Gasteiger partial charge < -0.3 is 20.3 Å². The molecule has 0 fully saturated rings. The highest BCUT2D eigenvalue weighted by Gasteiger charge is 2.20. The molecule has 2 unspecified atom stereocenters. The minimum Gasteiger partial charge on any atom is -0.466 e. The van der Waals surface area contributed by atoms with Crippen molar-refractivity contribution < 1.29 is 24.5 Å². The fourth-order valence-electron chi connectivity index (χ4n) is 12.6. The molecular formula is C79H153NO5. The van der Waals surface area contributed by atoms with Crippen LogP contribution in [-0.2, 0) is 14.3 Å². The molecule has 0 heterocycles. The topological polar surface area (TPSA) is 95.9 Å². The lowest BCUT2D eigenvalue weighted by Gasteiger charge is -2.22. The predicted octanol–water partition coefficient (Wildman–Crippen LogP) is 25.7. The second-order valence-corrected chi connectivity index (χ2v) is 27.0. The van der Waals surface area contributed by atoms with Gasteiger partial charge in [0.15, 0.2) is 0 Å². The van der Waals surface area contributed by atoms with Gasteiger partial charge in [0.05, 0.1) is 25.4 Å². The van der Waals surface area contributed by atoms with Crippen molar-refractivity contribution in [2.75, 3.05) is 13.2 Å². The number of hydrogen-bond donors (Lipinski definition) is 3. The van der Waals surface area contributed by atoms with Gasteiger partial charge in [0, 0.05) is 12.8 Å². The highest BCUT2D eigenvalue weighted by molar-refractivity contribution is 5.76. The van der Waals surface area contributed by atoms with Gasteiger partial charge in [-0.1, -0.05) is 398 Å². The number of aliphatic hydroxyl groups excluding tert-OH is 2. The standard InChI is InChI=1S/C79H153NO5/c1-3-5-7-9-11-13-15-17-19-21-22-23-24-28-31-34-37-40-43-47-51-55-59-63-67-71-77(82)76(75-81)80-78(83)72-68-64-60-56-52-48-44-41-38-35-32-29-26-25-27-30-33-36-39-42-46-50-54-58-62-66-70-74-85-79(84)73-69-65-61-57-53-49-45-20-18-16-14-12-10-8-6-4-2/h14,16,20,45,76-77,81-82H,3-13,15,17-19,21-44,46-75H2,1-2H3,(H,80,83)/b16-14-,45-20-. The fourth-order valence-corrected chi connectivity index (χ4v) is 12.6. The first-order valence-electron chi connectivity index (χ1n) is 39.1. The molecule has 3 N–H and O–H groups in total. The third-order valence-corrected chi connectivity index (χ3v) is 18.5. The van der Waals surface area contributed by atoms with Crippen LogP contribution in [0.25, 0.3) is 0 Å². The van der Waals surface area contributed by atoms with Gasteiger partial charge in [-0.05, 0) is 57.8 Å². The van der Waals surface area contributed by atoms with Gasteiger partial charge in [-0.3, -0.25) is 9.59 Å². The van der Waals surface area contributed by atoms with Crippen LogP contribution < -0.4 is 5.32 Å². The summed E-state index contributed by atoms with van der Waals surface area (Å²) in [5, 5.41) is 23.5. The average Bonchev–Trinajstić information content (AvgIpc) is 3.51. The normalized spacial score (nSPS) is 12.6. The highest BCUT2D eigenvalue weighted by atomic mass is 16.5. The van der Waals surface area contributed by atoms with E-state index >= 15 is 0 Å². The quantitative estimate of drug-likeness (QED) is 0.0320. The number of rotatable bonds is 74. The van der Waals surface area contributed by atoms with E-state index in [-0.39, 0.29) is 18.5 Å². The van der Waals surface area contributed by atoms with Crippen molar-refractivity contribution in [1.29, 1.82) is 0 Å². The number of carbonyl (C=O) groups is 2. The number of unbranched alkanes of at least 4 members (excludes halogenated alkanes) is 59. The predicted molar refractivity (Wildman–Crippen MR) is 375 cm³/mol. The summed E-state index contributed by atoms with van der Waals surface area (Å²) in [7, 11) is 0. The Kier molecular flexibility index (Phi) is 73.3. The molecular weight excluding hydrogens is 1040 g/mol. The number of amides is 1. The minimum absolute atomic E-state index is 0.00573. The molecule has 0 bridgehead atoms. The monoisotopic (exact) mass is 1200 g/mol. The third kappa shape index (κ3) is 71.3. The Morgan fingerprint density at radius 1 is 0.329 bits per heavy atom. The van der Waals surface area contributed by atoms with Crippen molar-refractivity contribution in [3.05, 3.63) is 24.3 Å². The van der Waals surface area contributed by atoms with Crippen LogP contribution in [0.4, 0.5) is 0 Å². The van der Waals surface area contributed by atoms with E-state index in [1.54, 1.807) is 0 Å². The van der Waals surface area contributed by atoms with Crippen LogP contribution in [0.5, 0.6) is 0 Å². The smallest absolute Gasteiger partial charge is 0.305 e. The molecule has 0 spiro atoms. The summed E-state index contributed by atoms with van der Waals surface area (Å²) in [6.45, 7) is 4.98. The lowest BCUT2D eigenvalue weighted by molar-refractivity contribution is -0.143. The third-order valence-electron chi connectivity index (χ3n) is 18.5. The summed E-state index contributed by atoms with van der Waals surface area (Å²) in [6.07, 6.45) is 95.4. The van der Waals surface area contributed by atoms with Gasteiger partial charge in [0.1, 0.15) is 0 Å². The van der Waals surface area contributed by atoms with E-state index in [2.05, 4.69) is 43.5 Å². The van der Waals surface area contributed by atoms with Crippen LogP contribution in [0, 0.1) is 0 Å². The molecule has 2 atom stereocenters. The average molecular weight is 1200 g/mol. The molecule has 0 aliphatic carbocycles. The first kappa shape index (κ1) is 83.3. The van der Waals surface area contributed by atoms with Crippen molar-refractivity contribution in [1.82, 2.24) is 5.32 Å². The molecule has 0 aliphatic rings. The Hall–Kier alpha value is -1.66. The maximum Gasteiger partial charge on any atom is 0.305 e. The van der Waals surface area contributed by atoms with Crippen molar-refractivity contribution in [3.63, 3.8) is 0 Å². The zero-order chi connectivity index (χ0) is 61.3. The molecule has 0 saturated carbocycles. The van der Waals surface area contributed by atoms with E-state index in [0.29, 0.717) is 25.9 Å². The molecule has 0 aromatic rings. The van der Waals surface area contributed by atoms with Gasteiger partial charge in [0.25, 0.3) is 0 Å². The zero-order valence-corrected chi connectivity index (χ0v) is 57.9. The minimum atomic E-state index is -0.664. The largest absolute Gasteiger partial charge is 0.466 e. The van der Waals surface area contributed by atoms with Crippen LogP contribution in [0.15, 0.2) is 24.3 Å². The van der Waals surface area contributed by atoms with E-state index in [1.807, 2.05) is 0 Å². The molecule has 0 radical (unpaired) electrons. The molecule has 0 aromatic carbocycles. The molecule has 0 aliphatic heterocycles. The Labute approximate surface area is 532 Å². The molecule has 504 valence electrons. The second-order valence-electron chi connectivity index (χ2n) is 27.0. The fraction of sp³-hybridized carbons (Fsp3) is 0.924. The van der Waals surface area contributed by atoms with Crippen LogP contribution >= 0.6 is 0 Å². The van der Waals surface area contributed by atoms with Crippen molar-refractivity contribution in [2.45, 2.75) is 456 Å². The van der Waals surface area contributed by atoms with Gasteiger partial charge in [0.2, 0.25) is 5.91 Å². The van der Waals surface area contributed by atoms with Crippen molar-refractivity contribution in [3.8, 4) is 0 Å². The molecule has 1 amide bonds. The van der Waals surface area contributed by atoms with Crippen molar-refractivity contribution in [2.24, 2.45) is 0 Å². The van der Waals surface area contributed by atoms with Crippen LogP contribution in [0.3, 0.4) is 0 Å². The number of esters is 1. The molecule has 0 rings (SSSR count). The number of aliphatic hydroxyl groups is 2. The second kappa shape index (κ2) is 74.8. The van der Waals surface area contributed by atoms with Gasteiger partial charge >= 0.3 is 5.97 Å². The lowest BCUT2D eigenvalue weighted by atomic mass is 10.0. The maximum absolute atomic E-state index is 12.6.